The molecule has 0 amide bonds. The summed E-state index contributed by atoms with van der Waals surface area (Å²) in [5, 5.41) is 14.8. The minimum Gasteiger partial charge on any atom is -0.507 e. The third-order valence-electron chi connectivity index (χ3n) is 7.14. The highest BCUT2D eigenvalue weighted by molar-refractivity contribution is 7.80. The van der Waals surface area contributed by atoms with Crippen LogP contribution in [0, 0.1) is 5.92 Å². The molecular weight excluding hydrogens is 428 g/mol. The quantitative estimate of drug-likeness (QED) is 0.167. The van der Waals surface area contributed by atoms with Crippen molar-refractivity contribution < 1.29 is 9.84 Å². The van der Waals surface area contributed by atoms with Crippen LogP contribution in [-0.2, 0) is 6.42 Å². The van der Waals surface area contributed by atoms with E-state index in [1.54, 1.807) is 0 Å². The van der Waals surface area contributed by atoms with Crippen molar-refractivity contribution >= 4 is 17.4 Å². The molecule has 182 valence electrons. The van der Waals surface area contributed by atoms with Gasteiger partial charge in [0.15, 0.2) is 0 Å². The van der Waals surface area contributed by atoms with E-state index < -0.39 is 0 Å². The summed E-state index contributed by atoms with van der Waals surface area (Å²) >= 11 is 5.55. The third-order valence-corrected chi connectivity index (χ3v) is 7.36. The molecule has 4 nitrogen and oxygen atoms in total. The first-order chi connectivity index (χ1) is 15.8. The first-order valence-corrected chi connectivity index (χ1v) is 13.0. The molecule has 4 atom stereocenters. The van der Waals surface area contributed by atoms with Gasteiger partial charge in [0.05, 0.1) is 0 Å². The lowest BCUT2D eigenvalue weighted by Gasteiger charge is -2.32. The fourth-order valence-corrected chi connectivity index (χ4v) is 5.17. The van der Waals surface area contributed by atoms with Gasteiger partial charge in [-0.1, -0.05) is 43.6 Å². The smallest absolute Gasteiger partial charge is 0.262 e. The van der Waals surface area contributed by atoms with Gasteiger partial charge in [-0.25, -0.2) is 0 Å². The van der Waals surface area contributed by atoms with Crippen LogP contribution in [0.1, 0.15) is 82.8 Å². The average molecular weight is 471 g/mol. The molecule has 0 spiro atoms. The Bertz CT molecular complexity index is 879. The molecule has 0 bridgehead atoms. The average Bonchev–Trinajstić information content (AvgIpc) is 3.46. The Kier molecular flexibility index (Phi) is 9.39. The Morgan fingerprint density at radius 2 is 2.06 bits per heavy atom. The van der Waals surface area contributed by atoms with E-state index >= 15 is 0 Å². The van der Waals surface area contributed by atoms with E-state index in [4.69, 9.17) is 17.0 Å². The largest absolute Gasteiger partial charge is 0.507 e. The fraction of sp³-hybridized carbons (Fsp3) is 0.607. The SMILES string of the molecule is C=C(C)[C@@H]1CCC(C)=C[C@H]1c1c(O)cc(CCCCC)cc1OC(=S)NCCCC1CN1C. The second-order valence-electron chi connectivity index (χ2n) is 10.1. The molecule has 2 aliphatic rings. The predicted molar refractivity (Wildman–Crippen MR) is 142 cm³/mol. The molecule has 1 fully saturated rings. The molecule has 1 aliphatic heterocycles. The summed E-state index contributed by atoms with van der Waals surface area (Å²) in [4.78, 5) is 2.35. The molecule has 1 aromatic carbocycles. The van der Waals surface area contributed by atoms with Crippen molar-refractivity contribution in [2.75, 3.05) is 20.1 Å². The molecule has 0 saturated carbocycles. The van der Waals surface area contributed by atoms with Gasteiger partial charge >= 0.3 is 0 Å². The van der Waals surface area contributed by atoms with Gasteiger partial charge in [0.25, 0.3) is 5.17 Å². The van der Waals surface area contributed by atoms with Crippen LogP contribution in [0.3, 0.4) is 0 Å². The number of nitrogens with one attached hydrogen (secondary N) is 1. The number of allylic oxidation sites excluding steroid dienone is 3. The Labute approximate surface area is 206 Å². The van der Waals surface area contributed by atoms with Crippen molar-refractivity contribution in [2.45, 2.75) is 84.1 Å². The van der Waals surface area contributed by atoms with Crippen molar-refractivity contribution in [1.82, 2.24) is 10.2 Å². The van der Waals surface area contributed by atoms with E-state index in [2.05, 4.69) is 56.8 Å². The molecular formula is C28H42N2O2S. The Balaban J connectivity index is 1.80. The van der Waals surface area contributed by atoms with Crippen LogP contribution in [0.4, 0.5) is 0 Å². The molecule has 33 heavy (non-hydrogen) atoms. The van der Waals surface area contributed by atoms with Crippen LogP contribution < -0.4 is 10.1 Å². The summed E-state index contributed by atoms with van der Waals surface area (Å²) in [5.41, 5.74) is 4.43. The molecule has 1 heterocycles. The second-order valence-corrected chi connectivity index (χ2v) is 10.4. The fourth-order valence-electron chi connectivity index (χ4n) is 4.98. The van der Waals surface area contributed by atoms with Crippen molar-refractivity contribution in [2.24, 2.45) is 5.92 Å². The van der Waals surface area contributed by atoms with E-state index in [-0.39, 0.29) is 11.8 Å². The maximum atomic E-state index is 11.2. The number of thiocarbonyl (C=S) groups is 1. The van der Waals surface area contributed by atoms with Gasteiger partial charge in [-0.05, 0) is 95.3 Å². The van der Waals surface area contributed by atoms with Gasteiger partial charge in [0.1, 0.15) is 11.5 Å². The number of phenolic OH excluding ortho intramolecular Hbond substituents is 1. The van der Waals surface area contributed by atoms with E-state index in [1.807, 2.05) is 6.07 Å². The molecule has 2 N–H and O–H groups in total. The number of benzene rings is 1. The molecule has 3 rings (SSSR count). The number of likely N-dealkylation sites (N-methyl/N-ethyl adjacent to an activating group) is 1. The number of phenols is 1. The zero-order chi connectivity index (χ0) is 24.0. The third kappa shape index (κ3) is 7.31. The summed E-state index contributed by atoms with van der Waals surface area (Å²) in [6.07, 6.45) is 11.0. The lowest BCUT2D eigenvalue weighted by atomic mass is 9.73. The maximum Gasteiger partial charge on any atom is 0.262 e. The summed E-state index contributed by atoms with van der Waals surface area (Å²) in [5.74, 6) is 1.32. The van der Waals surface area contributed by atoms with E-state index in [1.165, 1.54) is 31.4 Å². The molecule has 0 aromatic heterocycles. The molecule has 1 aliphatic carbocycles. The van der Waals surface area contributed by atoms with Gasteiger partial charge in [-0.3, -0.25) is 0 Å². The molecule has 2 unspecified atom stereocenters. The second kappa shape index (κ2) is 12.0. The summed E-state index contributed by atoms with van der Waals surface area (Å²) in [6, 6.07) is 4.74. The highest BCUT2D eigenvalue weighted by Crippen LogP contribution is 2.47. The number of rotatable bonds is 11. The maximum absolute atomic E-state index is 11.2. The summed E-state index contributed by atoms with van der Waals surface area (Å²) in [7, 11) is 2.16. The van der Waals surface area contributed by atoms with Gasteiger partial charge < -0.3 is 20.1 Å². The van der Waals surface area contributed by atoms with Crippen molar-refractivity contribution in [3.05, 3.63) is 47.1 Å². The highest BCUT2D eigenvalue weighted by atomic mass is 32.1. The summed E-state index contributed by atoms with van der Waals surface area (Å²) in [6.45, 7) is 12.7. The monoisotopic (exact) mass is 470 g/mol. The van der Waals surface area contributed by atoms with Crippen LogP contribution in [0.15, 0.2) is 35.9 Å². The van der Waals surface area contributed by atoms with Crippen LogP contribution in [-0.4, -0.2) is 41.4 Å². The number of aromatic hydroxyl groups is 1. The lowest BCUT2D eigenvalue weighted by Crippen LogP contribution is -2.28. The summed E-state index contributed by atoms with van der Waals surface area (Å²) < 4.78 is 6.22. The van der Waals surface area contributed by atoms with Crippen LogP contribution in [0.5, 0.6) is 11.5 Å². The topological polar surface area (TPSA) is 44.5 Å². The number of ether oxygens (including phenoxy) is 1. The first kappa shape index (κ1) is 25.8. The number of hydrogen-bond donors (Lipinski definition) is 2. The van der Waals surface area contributed by atoms with E-state index in [0.717, 1.165) is 61.4 Å². The molecule has 5 heteroatoms. The van der Waals surface area contributed by atoms with Crippen LogP contribution >= 0.6 is 12.2 Å². The normalized spacial score (nSPS) is 24.2. The Hall–Kier alpha value is -1.85. The first-order valence-electron chi connectivity index (χ1n) is 12.6. The van der Waals surface area contributed by atoms with Crippen molar-refractivity contribution in [3.63, 3.8) is 0 Å². The minimum absolute atomic E-state index is 0.0455. The highest BCUT2D eigenvalue weighted by Gasteiger charge is 2.31. The molecule has 1 aromatic rings. The minimum atomic E-state index is 0.0455. The van der Waals surface area contributed by atoms with Gasteiger partial charge in [0.2, 0.25) is 0 Å². The number of nitrogens with zero attached hydrogens (tertiary/aromatic N) is 1. The van der Waals surface area contributed by atoms with Crippen molar-refractivity contribution in [3.8, 4) is 11.5 Å². The predicted octanol–water partition coefficient (Wildman–Crippen LogP) is 6.49. The van der Waals surface area contributed by atoms with Crippen LogP contribution in [0.2, 0.25) is 0 Å². The van der Waals surface area contributed by atoms with Crippen LogP contribution in [0.25, 0.3) is 0 Å². The van der Waals surface area contributed by atoms with Gasteiger partial charge in [-0.2, -0.15) is 0 Å². The lowest BCUT2D eigenvalue weighted by molar-refractivity contribution is 0.420. The Morgan fingerprint density at radius 3 is 2.73 bits per heavy atom. The number of unbranched alkanes of at least 4 members (excludes halogenated alkanes) is 2. The zero-order valence-corrected chi connectivity index (χ0v) is 21.8. The molecule has 1 saturated heterocycles. The number of aryl methyl sites for hydroxylation is 1. The standard InChI is InChI=1S/C28H42N2O2S/c1-6-7-8-10-21-16-25(31)27(24-15-20(4)12-13-23(24)19(2)3)26(17-21)32-28(33)29-14-9-11-22-18-30(22)5/h15-17,22-24,31H,2,6-14,18H2,1,3-5H3,(H,29,33)/t22?,23-,24+,30?/m0/s1. The van der Waals surface area contributed by atoms with Crippen molar-refractivity contribution in [1.29, 1.82) is 0 Å². The van der Waals surface area contributed by atoms with E-state index in [9.17, 15) is 5.11 Å². The molecule has 0 radical (unpaired) electrons. The number of hydrogen-bond acceptors (Lipinski definition) is 4. The van der Waals surface area contributed by atoms with Gasteiger partial charge in [0, 0.05) is 30.6 Å². The van der Waals surface area contributed by atoms with E-state index in [0.29, 0.717) is 16.7 Å². The zero-order valence-electron chi connectivity index (χ0n) is 21.0. The Morgan fingerprint density at radius 1 is 1.30 bits per heavy atom. The van der Waals surface area contributed by atoms with Gasteiger partial charge in [-0.15, -0.1) is 0 Å².